The molecule has 0 unspecified atom stereocenters. The third-order valence-electron chi connectivity index (χ3n) is 2.36. The number of rotatable bonds is 5. The van der Waals surface area contributed by atoms with Gasteiger partial charge in [-0.05, 0) is 12.1 Å². The number of hydrogen-bond donors (Lipinski definition) is 2. The van der Waals surface area contributed by atoms with Crippen LogP contribution in [0.4, 0.5) is 0 Å². The van der Waals surface area contributed by atoms with Gasteiger partial charge in [-0.3, -0.25) is 9.59 Å². The fourth-order valence-electron chi connectivity index (χ4n) is 1.45. The Labute approximate surface area is 99.4 Å². The van der Waals surface area contributed by atoms with Crippen LogP contribution in [0, 0.1) is 0 Å². The molecule has 0 radical (unpaired) electrons. The normalized spacial score (nSPS) is 9.76. The summed E-state index contributed by atoms with van der Waals surface area (Å²) in [6, 6.07) is 4.59. The maximum absolute atomic E-state index is 11.8. The smallest absolute Gasteiger partial charge is 0.220 e. The lowest BCUT2D eigenvalue weighted by Crippen LogP contribution is -2.18. The molecule has 0 fully saturated rings. The first-order chi connectivity index (χ1) is 8.10. The Morgan fingerprint density at radius 2 is 2.06 bits per heavy atom. The van der Waals surface area contributed by atoms with Crippen LogP contribution in [0.2, 0.25) is 0 Å². The first-order valence-corrected chi connectivity index (χ1v) is 5.20. The number of carbonyl (C=O) groups is 2. The highest BCUT2D eigenvalue weighted by molar-refractivity contribution is 6.02. The van der Waals surface area contributed by atoms with Crippen LogP contribution in [0.5, 0.6) is 11.5 Å². The van der Waals surface area contributed by atoms with E-state index < -0.39 is 0 Å². The minimum atomic E-state index is -0.316. The zero-order chi connectivity index (χ0) is 12.8. The summed E-state index contributed by atoms with van der Waals surface area (Å²) < 4.78 is 5.00. The molecule has 5 nitrogen and oxygen atoms in total. The molecule has 0 aromatic heterocycles. The summed E-state index contributed by atoms with van der Waals surface area (Å²) in [6.45, 7) is 0. The summed E-state index contributed by atoms with van der Waals surface area (Å²) in [5.74, 6) is -0.352. The number of carbonyl (C=O) groups excluding carboxylic acids is 2. The van der Waals surface area contributed by atoms with E-state index in [9.17, 15) is 14.7 Å². The maximum atomic E-state index is 11.8. The summed E-state index contributed by atoms with van der Waals surface area (Å²) in [5, 5.41) is 12.0. The topological polar surface area (TPSA) is 75.6 Å². The quantitative estimate of drug-likeness (QED) is 0.752. The number of amides is 1. The fourth-order valence-corrected chi connectivity index (χ4v) is 1.45. The van der Waals surface area contributed by atoms with Gasteiger partial charge >= 0.3 is 0 Å². The van der Waals surface area contributed by atoms with Crippen molar-refractivity contribution in [3.05, 3.63) is 23.8 Å². The molecule has 17 heavy (non-hydrogen) atoms. The summed E-state index contributed by atoms with van der Waals surface area (Å²) >= 11 is 0. The second-order valence-corrected chi connectivity index (χ2v) is 3.45. The molecule has 0 atom stereocenters. The second-order valence-electron chi connectivity index (χ2n) is 3.45. The van der Waals surface area contributed by atoms with Gasteiger partial charge in [0.1, 0.15) is 17.1 Å². The van der Waals surface area contributed by atoms with Crippen molar-refractivity contribution in [2.24, 2.45) is 0 Å². The van der Waals surface area contributed by atoms with E-state index in [0.717, 1.165) is 0 Å². The minimum absolute atomic E-state index is 0.0353. The van der Waals surface area contributed by atoms with Gasteiger partial charge in [-0.1, -0.05) is 6.07 Å². The average Bonchev–Trinajstić information content (AvgIpc) is 2.34. The lowest BCUT2D eigenvalue weighted by atomic mass is 10.0. The number of benzene rings is 1. The molecule has 1 rings (SSSR count). The van der Waals surface area contributed by atoms with Crippen molar-refractivity contribution >= 4 is 11.7 Å². The molecule has 1 aromatic rings. The number of phenolic OH excluding ortho intramolecular Hbond substituents is 1. The monoisotopic (exact) mass is 237 g/mol. The van der Waals surface area contributed by atoms with Crippen LogP contribution in [-0.2, 0) is 4.79 Å². The Kier molecular flexibility index (Phi) is 4.51. The molecule has 0 spiro atoms. The van der Waals surface area contributed by atoms with E-state index >= 15 is 0 Å². The molecule has 0 heterocycles. The minimum Gasteiger partial charge on any atom is -0.507 e. The number of ether oxygens (including phenoxy) is 1. The van der Waals surface area contributed by atoms with Crippen molar-refractivity contribution in [1.29, 1.82) is 0 Å². The number of aromatic hydroxyl groups is 1. The van der Waals surface area contributed by atoms with Gasteiger partial charge in [0, 0.05) is 19.9 Å². The zero-order valence-corrected chi connectivity index (χ0v) is 9.82. The lowest BCUT2D eigenvalue weighted by Gasteiger charge is -2.08. The largest absolute Gasteiger partial charge is 0.507 e. The lowest BCUT2D eigenvalue weighted by molar-refractivity contribution is -0.120. The van der Waals surface area contributed by atoms with Gasteiger partial charge in [0.2, 0.25) is 5.91 Å². The number of hydrogen-bond acceptors (Lipinski definition) is 4. The third kappa shape index (κ3) is 3.21. The summed E-state index contributed by atoms with van der Waals surface area (Å²) in [4.78, 5) is 22.9. The van der Waals surface area contributed by atoms with Crippen LogP contribution in [-0.4, -0.2) is 31.0 Å². The Hall–Kier alpha value is -2.04. The number of Topliss-reactive ketones (excluding diaryl/α,β-unsaturated/α-hetero) is 1. The van der Waals surface area contributed by atoms with E-state index in [1.165, 1.54) is 20.2 Å². The SMILES string of the molecule is CNC(=O)CCC(=O)c1c(O)cccc1OC. The van der Waals surface area contributed by atoms with E-state index in [2.05, 4.69) is 5.32 Å². The fraction of sp³-hybridized carbons (Fsp3) is 0.333. The molecule has 0 aliphatic rings. The van der Waals surface area contributed by atoms with Gasteiger partial charge in [0.25, 0.3) is 0 Å². The highest BCUT2D eigenvalue weighted by Crippen LogP contribution is 2.28. The van der Waals surface area contributed by atoms with Crippen molar-refractivity contribution < 1.29 is 19.4 Å². The molecule has 1 amide bonds. The molecule has 5 heteroatoms. The number of phenols is 1. The van der Waals surface area contributed by atoms with Crippen LogP contribution in [0.25, 0.3) is 0 Å². The van der Waals surface area contributed by atoms with Crippen molar-refractivity contribution in [2.45, 2.75) is 12.8 Å². The van der Waals surface area contributed by atoms with Gasteiger partial charge < -0.3 is 15.2 Å². The molecule has 0 aliphatic heterocycles. The van der Waals surface area contributed by atoms with Gasteiger partial charge in [0.15, 0.2) is 5.78 Å². The van der Waals surface area contributed by atoms with Crippen LogP contribution >= 0.6 is 0 Å². The molecule has 0 saturated carbocycles. The number of ketones is 1. The average molecular weight is 237 g/mol. The first kappa shape index (κ1) is 13.0. The highest BCUT2D eigenvalue weighted by atomic mass is 16.5. The van der Waals surface area contributed by atoms with Crippen molar-refractivity contribution in [3.63, 3.8) is 0 Å². The molecule has 0 saturated heterocycles. The van der Waals surface area contributed by atoms with Crippen LogP contribution in [0.15, 0.2) is 18.2 Å². The number of nitrogens with one attached hydrogen (secondary N) is 1. The molecule has 92 valence electrons. The van der Waals surface area contributed by atoms with E-state index in [1.54, 1.807) is 12.1 Å². The van der Waals surface area contributed by atoms with Gasteiger partial charge in [-0.2, -0.15) is 0 Å². The summed E-state index contributed by atoms with van der Waals surface area (Å²) in [6.07, 6.45) is 0.125. The Balaban J connectivity index is 2.85. The van der Waals surface area contributed by atoms with Crippen molar-refractivity contribution in [3.8, 4) is 11.5 Å². The van der Waals surface area contributed by atoms with E-state index in [4.69, 9.17) is 4.74 Å². The van der Waals surface area contributed by atoms with E-state index in [0.29, 0.717) is 5.75 Å². The van der Waals surface area contributed by atoms with Gasteiger partial charge in [-0.25, -0.2) is 0 Å². The Morgan fingerprint density at radius 3 is 2.65 bits per heavy atom. The van der Waals surface area contributed by atoms with Gasteiger partial charge in [-0.15, -0.1) is 0 Å². The Bertz CT molecular complexity index is 429. The maximum Gasteiger partial charge on any atom is 0.220 e. The van der Waals surface area contributed by atoms with Gasteiger partial charge in [0.05, 0.1) is 7.11 Å². The predicted molar refractivity (Wildman–Crippen MR) is 62.3 cm³/mol. The molecule has 1 aromatic carbocycles. The predicted octanol–water partition coefficient (Wildman–Crippen LogP) is 1.11. The standard InChI is InChI=1S/C12H15NO4/c1-13-11(16)7-6-9(15)12-8(14)4-3-5-10(12)17-2/h3-5,14H,6-7H2,1-2H3,(H,13,16). The summed E-state index contributed by atoms with van der Waals surface area (Å²) in [7, 11) is 2.93. The highest BCUT2D eigenvalue weighted by Gasteiger charge is 2.17. The van der Waals surface area contributed by atoms with Crippen molar-refractivity contribution in [1.82, 2.24) is 5.32 Å². The van der Waals surface area contributed by atoms with E-state index in [-0.39, 0.29) is 35.8 Å². The van der Waals surface area contributed by atoms with Crippen LogP contribution < -0.4 is 10.1 Å². The molecule has 0 bridgehead atoms. The molecular formula is C12H15NO4. The Morgan fingerprint density at radius 1 is 1.35 bits per heavy atom. The van der Waals surface area contributed by atoms with Crippen molar-refractivity contribution in [2.75, 3.05) is 14.2 Å². The zero-order valence-electron chi connectivity index (χ0n) is 9.82. The van der Waals surface area contributed by atoms with Crippen LogP contribution in [0.3, 0.4) is 0 Å². The third-order valence-corrected chi connectivity index (χ3v) is 2.36. The summed E-state index contributed by atoms with van der Waals surface area (Å²) in [5.41, 5.74) is 0.124. The second kappa shape index (κ2) is 5.89. The van der Waals surface area contributed by atoms with Crippen LogP contribution in [0.1, 0.15) is 23.2 Å². The number of methoxy groups -OCH3 is 1. The molecule has 0 aliphatic carbocycles. The van der Waals surface area contributed by atoms with E-state index in [1.807, 2.05) is 0 Å². The molecule has 2 N–H and O–H groups in total. The molecular weight excluding hydrogens is 222 g/mol. The first-order valence-electron chi connectivity index (χ1n) is 5.20.